The lowest BCUT2D eigenvalue weighted by atomic mass is 10.0. The topological polar surface area (TPSA) is 35.5 Å². The molecule has 2 aliphatic carbocycles. The second kappa shape index (κ2) is 3.25. The molecule has 0 spiro atoms. The van der Waals surface area contributed by atoms with E-state index in [4.69, 9.17) is 79.1 Å². The van der Waals surface area contributed by atoms with Gasteiger partial charge in [0.15, 0.2) is 26.3 Å². The van der Waals surface area contributed by atoms with E-state index in [9.17, 15) is 4.79 Å². The summed E-state index contributed by atoms with van der Waals surface area (Å²) in [5.74, 6) is 0. The second-order valence-corrected chi connectivity index (χ2v) is 7.23. The van der Waals surface area contributed by atoms with Crippen molar-refractivity contribution in [2.45, 2.75) is 26.3 Å². The van der Waals surface area contributed by atoms with E-state index in [0.717, 1.165) is 0 Å². The Balaban J connectivity index is 2.28. The van der Waals surface area contributed by atoms with Crippen LogP contribution >= 0.6 is 69.6 Å². The van der Waals surface area contributed by atoms with Crippen molar-refractivity contribution in [2.24, 2.45) is 0 Å². The summed E-state index contributed by atoms with van der Waals surface area (Å²) < 4.78 is 8.09. The number of hydrogen-bond donors (Lipinski definition) is 0. The first kappa shape index (κ1) is 12.8. The Morgan fingerprint density at radius 1 is 0.882 bits per heavy atom. The fourth-order valence-electron chi connectivity index (χ4n) is 2.41. The molecule has 2 fully saturated rings. The Hall–Kier alpha value is 0.750. The number of rotatable bonds is 0. The molecule has 9 heteroatoms. The van der Waals surface area contributed by atoms with Gasteiger partial charge >= 0.3 is 6.16 Å². The average molecular weight is 359 g/mol. The van der Waals surface area contributed by atoms with Crippen molar-refractivity contribution in [3.8, 4) is 0 Å². The van der Waals surface area contributed by atoms with E-state index in [-0.39, 0.29) is 10.1 Å². The predicted octanol–water partition coefficient (Wildman–Crippen LogP) is 3.74. The van der Waals surface area contributed by atoms with Gasteiger partial charge in [-0.1, -0.05) is 46.4 Å². The van der Waals surface area contributed by atoms with Crippen LogP contribution in [0.15, 0.2) is 10.1 Å². The summed E-state index contributed by atoms with van der Waals surface area (Å²) in [7, 11) is 0. The number of halogens is 6. The van der Waals surface area contributed by atoms with Gasteiger partial charge in [0.1, 0.15) is 0 Å². The first-order valence-electron chi connectivity index (χ1n) is 4.38. The smallest absolute Gasteiger partial charge is 0.424 e. The van der Waals surface area contributed by atoms with Gasteiger partial charge in [-0.3, -0.25) is 0 Å². The number of hydrogen-bond acceptors (Lipinski definition) is 3. The van der Waals surface area contributed by atoms with Crippen molar-refractivity contribution < 1.29 is 14.3 Å². The standard InChI is InChI=1S/C8H2Cl6O3/c9-1-2(10)7(12)4-3(16-5(15)17-4)6(1,11)8(7,13)14/h3-4H/t3-,4+,6-,7-/m1/s1. The molecule has 1 aliphatic heterocycles. The van der Waals surface area contributed by atoms with E-state index in [2.05, 4.69) is 0 Å². The Bertz CT molecular complexity index is 438. The maximum absolute atomic E-state index is 11.1. The summed E-state index contributed by atoms with van der Waals surface area (Å²) in [5.41, 5.74) is 0. The van der Waals surface area contributed by atoms with E-state index in [1.807, 2.05) is 0 Å². The molecule has 0 aromatic heterocycles. The summed E-state index contributed by atoms with van der Waals surface area (Å²) in [4.78, 5) is 7.92. The Morgan fingerprint density at radius 3 is 1.59 bits per heavy atom. The van der Waals surface area contributed by atoms with Crippen LogP contribution in [-0.4, -0.2) is 32.4 Å². The molecule has 17 heavy (non-hydrogen) atoms. The molecule has 94 valence electrons. The summed E-state index contributed by atoms with van der Waals surface area (Å²) >= 11 is 37.0. The number of alkyl halides is 4. The lowest BCUT2D eigenvalue weighted by Gasteiger charge is -2.32. The molecule has 3 rings (SSSR count). The van der Waals surface area contributed by atoms with E-state index < -0.39 is 32.4 Å². The minimum absolute atomic E-state index is 0.0274. The highest BCUT2D eigenvalue weighted by molar-refractivity contribution is 6.66. The summed E-state index contributed by atoms with van der Waals surface area (Å²) in [6, 6.07) is 0. The molecule has 0 unspecified atom stereocenters. The van der Waals surface area contributed by atoms with Crippen molar-refractivity contribution >= 4 is 75.8 Å². The Morgan fingerprint density at radius 2 is 1.24 bits per heavy atom. The Kier molecular flexibility index (Phi) is 2.44. The second-order valence-electron chi connectivity index (χ2n) is 3.95. The van der Waals surface area contributed by atoms with Crippen LogP contribution in [0.3, 0.4) is 0 Å². The van der Waals surface area contributed by atoms with Gasteiger partial charge in [0.25, 0.3) is 0 Å². The molecule has 0 N–H and O–H groups in total. The summed E-state index contributed by atoms with van der Waals surface area (Å²) in [6.45, 7) is 0. The molecule has 0 aromatic carbocycles. The van der Waals surface area contributed by atoms with Gasteiger partial charge in [0.05, 0.1) is 10.1 Å². The number of fused-ring (bicyclic) bond motifs is 5. The van der Waals surface area contributed by atoms with Crippen LogP contribution in [0.1, 0.15) is 0 Å². The SMILES string of the molecule is O=C1O[C@@H]2[C@H](O1)[C@]1(Cl)C(Cl)=C(Cl)[C@]2(Cl)C1(Cl)Cl. The lowest BCUT2D eigenvalue weighted by molar-refractivity contribution is 0.104. The predicted molar refractivity (Wildman–Crippen MR) is 65.5 cm³/mol. The van der Waals surface area contributed by atoms with Gasteiger partial charge in [0.2, 0.25) is 0 Å². The Labute approximate surface area is 126 Å². The quantitative estimate of drug-likeness (QED) is 0.489. The van der Waals surface area contributed by atoms with E-state index >= 15 is 0 Å². The van der Waals surface area contributed by atoms with Crippen molar-refractivity contribution in [3.63, 3.8) is 0 Å². The molecule has 3 nitrogen and oxygen atoms in total. The fourth-order valence-corrected chi connectivity index (χ4v) is 5.15. The maximum atomic E-state index is 11.1. The van der Waals surface area contributed by atoms with Crippen LogP contribution in [0, 0.1) is 0 Å². The normalized spacial score (nSPS) is 50.4. The van der Waals surface area contributed by atoms with Gasteiger partial charge in [-0.25, -0.2) is 4.79 Å². The van der Waals surface area contributed by atoms with Crippen molar-refractivity contribution in [1.82, 2.24) is 0 Å². The average Bonchev–Trinajstić information content (AvgIpc) is 2.72. The molecule has 1 saturated heterocycles. The zero-order valence-corrected chi connectivity index (χ0v) is 12.2. The highest BCUT2D eigenvalue weighted by Gasteiger charge is 2.87. The van der Waals surface area contributed by atoms with E-state index in [1.165, 1.54) is 0 Å². The number of carbonyl (C=O) groups is 1. The fraction of sp³-hybridized carbons (Fsp3) is 0.625. The van der Waals surface area contributed by atoms with Crippen LogP contribution in [0.2, 0.25) is 0 Å². The molecular formula is C8H2Cl6O3. The highest BCUT2D eigenvalue weighted by Crippen LogP contribution is 2.74. The minimum Gasteiger partial charge on any atom is -0.424 e. The zero-order chi connectivity index (χ0) is 12.8. The first-order chi connectivity index (χ1) is 7.69. The molecule has 0 amide bonds. The third-order valence-electron chi connectivity index (χ3n) is 3.25. The molecule has 2 bridgehead atoms. The van der Waals surface area contributed by atoms with Gasteiger partial charge in [-0.05, 0) is 0 Å². The van der Waals surface area contributed by atoms with Crippen LogP contribution in [0.4, 0.5) is 4.79 Å². The van der Waals surface area contributed by atoms with Gasteiger partial charge in [-0.15, -0.1) is 23.2 Å². The van der Waals surface area contributed by atoms with Crippen LogP contribution in [0.25, 0.3) is 0 Å². The van der Waals surface area contributed by atoms with Crippen molar-refractivity contribution in [1.29, 1.82) is 0 Å². The molecule has 3 aliphatic rings. The maximum Gasteiger partial charge on any atom is 0.509 e. The molecule has 1 saturated carbocycles. The number of ether oxygens (including phenoxy) is 2. The molecule has 4 atom stereocenters. The highest BCUT2D eigenvalue weighted by atomic mass is 35.5. The lowest BCUT2D eigenvalue weighted by Crippen LogP contribution is -2.47. The molecule has 0 radical (unpaired) electrons. The molecule has 1 heterocycles. The third-order valence-corrected chi connectivity index (χ3v) is 7.47. The van der Waals surface area contributed by atoms with Crippen LogP contribution in [0.5, 0.6) is 0 Å². The van der Waals surface area contributed by atoms with E-state index in [1.54, 1.807) is 0 Å². The third kappa shape index (κ3) is 1.06. The molecule has 0 aromatic rings. The largest absolute Gasteiger partial charge is 0.509 e. The van der Waals surface area contributed by atoms with Crippen LogP contribution in [-0.2, 0) is 9.47 Å². The number of carbonyl (C=O) groups excluding carboxylic acids is 1. The van der Waals surface area contributed by atoms with Crippen molar-refractivity contribution in [2.75, 3.05) is 0 Å². The van der Waals surface area contributed by atoms with Gasteiger partial charge < -0.3 is 9.47 Å². The monoisotopic (exact) mass is 356 g/mol. The zero-order valence-electron chi connectivity index (χ0n) is 7.65. The van der Waals surface area contributed by atoms with Gasteiger partial charge in [0, 0.05) is 0 Å². The van der Waals surface area contributed by atoms with Crippen molar-refractivity contribution in [3.05, 3.63) is 10.1 Å². The molecular weight excluding hydrogens is 357 g/mol. The van der Waals surface area contributed by atoms with E-state index in [0.29, 0.717) is 0 Å². The first-order valence-corrected chi connectivity index (χ1v) is 6.65. The van der Waals surface area contributed by atoms with Gasteiger partial charge in [-0.2, -0.15) is 0 Å². The minimum atomic E-state index is -1.74. The summed E-state index contributed by atoms with van der Waals surface area (Å²) in [5, 5.41) is -0.0548. The van der Waals surface area contributed by atoms with Crippen LogP contribution < -0.4 is 0 Å². The summed E-state index contributed by atoms with van der Waals surface area (Å²) in [6.07, 6.45) is -2.85.